The van der Waals surface area contributed by atoms with Crippen LogP contribution < -0.4 is 27.8 Å². The van der Waals surface area contributed by atoms with E-state index in [-0.39, 0.29) is 45.7 Å². The van der Waals surface area contributed by atoms with Crippen LogP contribution in [0.4, 0.5) is 63.6 Å². The highest BCUT2D eigenvalue weighted by molar-refractivity contribution is 7.86. The zero-order valence-electron chi connectivity index (χ0n) is 29.7. The van der Waals surface area contributed by atoms with Crippen LogP contribution in [0.5, 0.6) is 5.75 Å². The highest BCUT2D eigenvalue weighted by Crippen LogP contribution is 2.49. The van der Waals surface area contributed by atoms with Gasteiger partial charge < -0.3 is 32.9 Å². The van der Waals surface area contributed by atoms with Crippen molar-refractivity contribution in [3.05, 3.63) is 59.1 Å². The van der Waals surface area contributed by atoms with Gasteiger partial charge in [-0.15, -0.1) is 20.5 Å². The fraction of sp³-hybridized carbons (Fsp3) is 0. The number of aromatic nitrogens is 6. The van der Waals surface area contributed by atoms with Crippen LogP contribution in [0.25, 0.3) is 10.8 Å². The lowest BCUT2D eigenvalue weighted by Gasteiger charge is -2.14. The lowest BCUT2D eigenvalue weighted by atomic mass is 10.1. The molecule has 0 atom stereocenters. The monoisotopic (exact) mass is 973 g/mol. The molecule has 6 rings (SSSR count). The first-order chi connectivity index (χ1) is 28.7. The fourth-order valence-corrected chi connectivity index (χ4v) is 8.07. The molecule has 0 bridgehead atoms. The summed E-state index contributed by atoms with van der Waals surface area (Å²) in [5.74, 6) is -2.44. The minimum absolute atomic E-state index is 0.0573. The van der Waals surface area contributed by atoms with E-state index in [0.29, 0.717) is 12.1 Å². The average molecular weight is 975 g/mol. The first kappa shape index (κ1) is 44.9. The minimum Gasteiger partial charge on any atom is -0.505 e. The Balaban J connectivity index is 1.54. The molecule has 324 valence electrons. The zero-order valence-corrected chi connectivity index (χ0v) is 34.5. The van der Waals surface area contributed by atoms with Gasteiger partial charge in [0.25, 0.3) is 40.5 Å². The summed E-state index contributed by atoms with van der Waals surface area (Å²) in [6.45, 7) is 0. The van der Waals surface area contributed by atoms with Crippen molar-refractivity contribution in [2.24, 2.45) is 20.5 Å². The van der Waals surface area contributed by atoms with Crippen LogP contribution in [0.1, 0.15) is 0 Å². The molecule has 0 saturated heterocycles. The summed E-state index contributed by atoms with van der Waals surface area (Å²) >= 11 is 11.6. The van der Waals surface area contributed by atoms with Crippen molar-refractivity contribution in [3.63, 3.8) is 0 Å². The first-order valence-corrected chi connectivity index (χ1v) is 22.2. The van der Waals surface area contributed by atoms with Gasteiger partial charge in [0, 0.05) is 11.4 Å². The molecule has 13 N–H and O–H groups in total. The molecule has 0 aliphatic rings. The van der Waals surface area contributed by atoms with E-state index in [1.807, 2.05) is 0 Å². The number of rotatable bonds is 12. The maximum atomic E-state index is 12.6. The Morgan fingerprint density at radius 2 is 0.903 bits per heavy atom. The van der Waals surface area contributed by atoms with Gasteiger partial charge in [0.2, 0.25) is 34.4 Å². The molecule has 2 heterocycles. The van der Waals surface area contributed by atoms with E-state index >= 15 is 0 Å². The van der Waals surface area contributed by atoms with Crippen LogP contribution in [-0.4, -0.2) is 86.9 Å². The van der Waals surface area contributed by atoms with E-state index < -0.39 is 105 Å². The zero-order chi connectivity index (χ0) is 45.7. The summed E-state index contributed by atoms with van der Waals surface area (Å²) in [6, 6.07) is 6.70. The SMILES string of the molecule is Nc1nc(Cl)nc(Nc2ccc(S(=O)(=O)O)c(N=Nc3c(S(=O)(=O)O)cc4cc(S(=O)(=O)O)c(N=Nc5cc(Nc6nc(N)nc(Cl)n6)ccc5S(=O)(=O)O)c(O)c4c3N)c2)n1. The Hall–Kier alpha value is -6.62. The number of benzene rings is 4. The second kappa shape index (κ2) is 16.3. The third kappa shape index (κ3) is 9.94. The van der Waals surface area contributed by atoms with Gasteiger partial charge in [-0.3, -0.25) is 18.2 Å². The summed E-state index contributed by atoms with van der Waals surface area (Å²) in [4.78, 5) is 17.9. The van der Waals surface area contributed by atoms with Crippen molar-refractivity contribution in [2.75, 3.05) is 27.8 Å². The van der Waals surface area contributed by atoms with Gasteiger partial charge in [-0.25, -0.2) is 0 Å². The predicted octanol–water partition coefficient (Wildman–Crippen LogP) is 4.27. The third-order valence-electron chi connectivity index (χ3n) is 7.62. The first-order valence-electron chi connectivity index (χ1n) is 15.7. The van der Waals surface area contributed by atoms with Gasteiger partial charge >= 0.3 is 0 Å². The summed E-state index contributed by atoms with van der Waals surface area (Å²) < 4.78 is 140. The second-order valence-electron chi connectivity index (χ2n) is 11.8. The van der Waals surface area contributed by atoms with Crippen LogP contribution in [0.15, 0.2) is 88.6 Å². The number of nitrogen functional groups attached to an aromatic ring is 3. The molecule has 0 fully saturated rings. The highest BCUT2D eigenvalue weighted by Gasteiger charge is 2.29. The van der Waals surface area contributed by atoms with Crippen molar-refractivity contribution >= 4 is 138 Å². The number of anilines is 7. The molecule has 0 aliphatic carbocycles. The molecule has 0 spiro atoms. The summed E-state index contributed by atoms with van der Waals surface area (Å²) in [5.41, 5.74) is 12.6. The largest absolute Gasteiger partial charge is 0.505 e. The molecule has 62 heavy (non-hydrogen) atoms. The summed E-state index contributed by atoms with van der Waals surface area (Å²) in [6.07, 6.45) is 0. The predicted molar refractivity (Wildman–Crippen MR) is 216 cm³/mol. The van der Waals surface area contributed by atoms with Gasteiger partial charge in [0.1, 0.15) is 42.3 Å². The quantitative estimate of drug-likeness (QED) is 0.0465. The molecule has 0 amide bonds. The molecule has 28 nitrogen and oxygen atoms in total. The number of hydrogen-bond acceptors (Lipinski definition) is 24. The number of phenolic OH excluding ortho intramolecular Hbond substituents is 1. The van der Waals surface area contributed by atoms with Crippen molar-refractivity contribution in [1.29, 1.82) is 0 Å². The molecule has 0 radical (unpaired) electrons. The number of phenols is 1. The van der Waals surface area contributed by atoms with Crippen LogP contribution in [0.2, 0.25) is 10.6 Å². The number of azo groups is 2. The van der Waals surface area contributed by atoms with Crippen LogP contribution in [-0.2, 0) is 40.5 Å². The number of aromatic hydroxyl groups is 1. The lowest BCUT2D eigenvalue weighted by molar-refractivity contribution is 0.472. The number of nitrogens with zero attached hydrogens (tertiary/aromatic N) is 10. The van der Waals surface area contributed by atoms with Crippen molar-refractivity contribution in [2.45, 2.75) is 19.6 Å². The van der Waals surface area contributed by atoms with Crippen molar-refractivity contribution in [3.8, 4) is 5.75 Å². The summed E-state index contributed by atoms with van der Waals surface area (Å²) in [7, 11) is -21.1. The molecule has 34 heteroatoms. The fourth-order valence-electron chi connectivity index (χ4n) is 5.20. The molecular formula is C28H21Cl2N15O13S4. The van der Waals surface area contributed by atoms with E-state index in [4.69, 9.17) is 40.4 Å². The van der Waals surface area contributed by atoms with Gasteiger partial charge in [-0.2, -0.15) is 63.6 Å². The van der Waals surface area contributed by atoms with Crippen molar-refractivity contribution in [1.82, 2.24) is 29.9 Å². The van der Waals surface area contributed by atoms with E-state index in [2.05, 4.69) is 61.0 Å². The lowest BCUT2D eigenvalue weighted by Crippen LogP contribution is -2.04. The Bertz CT molecular complexity index is 3140. The topological polar surface area (TPSA) is 467 Å². The maximum Gasteiger partial charge on any atom is 0.296 e. The molecule has 2 aromatic heterocycles. The van der Waals surface area contributed by atoms with Gasteiger partial charge in [0.15, 0.2) is 5.75 Å². The third-order valence-corrected chi connectivity index (χ3v) is 11.5. The smallest absolute Gasteiger partial charge is 0.296 e. The standard InChI is InChI=1S/C28H21Cl2N15O13S4/c29-23-36-25(32)40-27(38-23)34-10-1-3-14(59(47,48)49)12(7-10)42-44-20-16(61(53,54)55)5-9-6-17(62(56,57)58)21(22(46)18(9)19(20)31)45-43-13-8-11(2-4-15(13)60(50,51)52)35-28-39-24(30)37-26(33)41-28/h1-8,46H,31H2,(H,47,48,49)(H,50,51,52)(H,53,54,55)(H,56,57,58)(H3,32,34,36,38,40)(H3,33,35,37,39,41). The molecular weight excluding hydrogens is 954 g/mol. The van der Waals surface area contributed by atoms with Crippen LogP contribution in [0, 0.1) is 0 Å². The highest BCUT2D eigenvalue weighted by atomic mass is 35.5. The number of halogens is 2. The Morgan fingerprint density at radius 3 is 1.29 bits per heavy atom. The van der Waals surface area contributed by atoms with Gasteiger partial charge in [-0.05, 0) is 77.1 Å². The van der Waals surface area contributed by atoms with Crippen molar-refractivity contribution < 1.29 is 57.0 Å². The normalized spacial score (nSPS) is 12.7. The van der Waals surface area contributed by atoms with E-state index in [1.165, 1.54) is 0 Å². The molecule has 4 aromatic carbocycles. The second-order valence-corrected chi connectivity index (χ2v) is 18.0. The molecule has 6 aromatic rings. The average Bonchev–Trinajstić information content (AvgIpc) is 3.11. The van der Waals surface area contributed by atoms with E-state index in [1.54, 1.807) is 0 Å². The van der Waals surface area contributed by atoms with Gasteiger partial charge in [-0.1, -0.05) is 0 Å². The van der Waals surface area contributed by atoms with Crippen LogP contribution in [0.3, 0.4) is 0 Å². The van der Waals surface area contributed by atoms with Crippen LogP contribution >= 0.6 is 23.2 Å². The molecule has 0 unspecified atom stereocenters. The number of hydrogen-bond donors (Lipinski definition) is 10. The molecule has 0 aliphatic heterocycles. The Morgan fingerprint density at radius 1 is 0.516 bits per heavy atom. The Kier molecular flexibility index (Phi) is 11.8. The Labute approximate surface area is 356 Å². The summed E-state index contributed by atoms with van der Waals surface area (Å²) in [5, 5.41) is 29.3. The number of nitrogens with one attached hydrogen (secondary N) is 2. The number of fused-ring (bicyclic) bond motifs is 1. The van der Waals surface area contributed by atoms with E-state index in [0.717, 1.165) is 36.4 Å². The van der Waals surface area contributed by atoms with Gasteiger partial charge in [0.05, 0.1) is 11.1 Å². The number of nitrogens with two attached hydrogens (primary N) is 3. The van der Waals surface area contributed by atoms with E-state index in [9.17, 15) is 57.0 Å². The minimum atomic E-state index is -5.46. The maximum absolute atomic E-state index is 12.6. The molecule has 0 saturated carbocycles.